The lowest BCUT2D eigenvalue weighted by Crippen LogP contribution is -2.42. The summed E-state index contributed by atoms with van der Waals surface area (Å²) in [5.74, 6) is 0.111. The molecular weight excluding hydrogens is 322 g/mol. The van der Waals surface area contributed by atoms with Gasteiger partial charge in [0.25, 0.3) is 0 Å². The molecule has 3 aromatic rings. The summed E-state index contributed by atoms with van der Waals surface area (Å²) < 4.78 is 11.2. The van der Waals surface area contributed by atoms with Crippen molar-refractivity contribution in [1.82, 2.24) is 5.27 Å². The first-order valence-corrected chi connectivity index (χ1v) is 7.67. The molecule has 0 bridgehead atoms. The number of hydrogen-bond donors (Lipinski definition) is 2. The Bertz CT molecular complexity index is 950. The lowest BCUT2D eigenvalue weighted by Gasteiger charge is -2.09. The average molecular weight is 340 g/mol. The Hall–Kier alpha value is -3.35. The van der Waals surface area contributed by atoms with Gasteiger partial charge in [-0.3, -0.25) is 9.32 Å². The molecule has 7 heteroatoms. The minimum atomic E-state index is -0.750. The van der Waals surface area contributed by atoms with E-state index in [1.165, 1.54) is 4.68 Å². The first-order valence-electron chi connectivity index (χ1n) is 7.67. The molecule has 3 rings (SSSR count). The van der Waals surface area contributed by atoms with E-state index in [2.05, 4.69) is 10.6 Å². The highest BCUT2D eigenvalue weighted by molar-refractivity contribution is 6.02. The molecule has 0 spiro atoms. The standard InChI is InChI=1S/C18H17N3O4/c1-11-5-4-6-12(2)15(11)19-17(22)16-18(23)25-20-21(16)13-7-9-14(24-3)10-8-13/h4-10H,1-3H3,(H-,19,20,22,23)/p+1. The highest BCUT2D eigenvalue weighted by atomic mass is 16.5. The van der Waals surface area contributed by atoms with Gasteiger partial charge >= 0.3 is 17.2 Å². The van der Waals surface area contributed by atoms with E-state index in [-0.39, 0.29) is 5.69 Å². The molecule has 0 saturated carbocycles. The Morgan fingerprint density at radius 1 is 1.12 bits per heavy atom. The van der Waals surface area contributed by atoms with Crippen molar-refractivity contribution in [3.8, 4) is 11.4 Å². The van der Waals surface area contributed by atoms with Crippen LogP contribution in [0.3, 0.4) is 0 Å². The second kappa shape index (κ2) is 6.64. The van der Waals surface area contributed by atoms with Gasteiger partial charge in [0.2, 0.25) is 5.69 Å². The molecule has 2 N–H and O–H groups in total. The van der Waals surface area contributed by atoms with Crippen LogP contribution in [-0.4, -0.2) is 18.3 Å². The molecule has 0 saturated heterocycles. The summed E-state index contributed by atoms with van der Waals surface area (Å²) in [5.41, 5.74) is 2.16. The van der Waals surface area contributed by atoms with E-state index in [1.54, 1.807) is 31.4 Å². The molecule has 25 heavy (non-hydrogen) atoms. The van der Waals surface area contributed by atoms with Crippen molar-refractivity contribution in [1.29, 1.82) is 0 Å². The second-order valence-corrected chi connectivity index (χ2v) is 5.58. The number of nitrogens with one attached hydrogen (secondary N) is 2. The Morgan fingerprint density at radius 3 is 2.36 bits per heavy atom. The molecule has 1 aromatic heterocycles. The molecule has 2 aromatic carbocycles. The van der Waals surface area contributed by atoms with Crippen molar-refractivity contribution in [3.63, 3.8) is 0 Å². The van der Waals surface area contributed by atoms with Crippen LogP contribution >= 0.6 is 0 Å². The number of aromatic nitrogens is 2. The van der Waals surface area contributed by atoms with Gasteiger partial charge in [0.1, 0.15) is 5.75 Å². The number of aromatic amines is 1. The van der Waals surface area contributed by atoms with Gasteiger partial charge in [-0.25, -0.2) is 4.79 Å². The van der Waals surface area contributed by atoms with Crippen molar-refractivity contribution in [2.75, 3.05) is 12.4 Å². The van der Waals surface area contributed by atoms with Gasteiger partial charge < -0.3 is 10.1 Å². The maximum absolute atomic E-state index is 12.7. The normalized spacial score (nSPS) is 10.5. The number of methoxy groups -OCH3 is 1. The monoisotopic (exact) mass is 340 g/mol. The second-order valence-electron chi connectivity index (χ2n) is 5.58. The summed E-state index contributed by atoms with van der Waals surface area (Å²) in [5, 5.41) is 5.24. The number of ether oxygens (including phenoxy) is 1. The van der Waals surface area contributed by atoms with Gasteiger partial charge in [-0.05, 0) is 47.1 Å². The first kappa shape index (κ1) is 16.5. The van der Waals surface area contributed by atoms with Gasteiger partial charge in [0.15, 0.2) is 0 Å². The Labute approximate surface area is 143 Å². The van der Waals surface area contributed by atoms with Crippen LogP contribution in [0.4, 0.5) is 5.69 Å². The zero-order valence-electron chi connectivity index (χ0n) is 14.1. The summed E-state index contributed by atoms with van der Waals surface area (Å²) in [6, 6.07) is 12.5. The maximum Gasteiger partial charge on any atom is 0.441 e. The number of amides is 1. The van der Waals surface area contributed by atoms with Gasteiger partial charge in [-0.2, -0.15) is 0 Å². The number of aryl methyl sites for hydroxylation is 2. The Balaban J connectivity index is 1.98. The number of rotatable bonds is 4. The Kier molecular flexibility index (Phi) is 4.38. The number of hydrogen-bond acceptors (Lipinski definition) is 4. The number of para-hydroxylation sites is 1. The number of anilines is 1. The van der Waals surface area contributed by atoms with Crippen LogP contribution in [0, 0.1) is 13.8 Å². The smallest absolute Gasteiger partial charge is 0.441 e. The third-order valence-corrected chi connectivity index (χ3v) is 3.91. The predicted molar refractivity (Wildman–Crippen MR) is 91.3 cm³/mol. The van der Waals surface area contributed by atoms with Crippen LogP contribution < -0.4 is 20.4 Å². The minimum Gasteiger partial charge on any atom is -0.497 e. The number of H-pyrrole nitrogens is 1. The van der Waals surface area contributed by atoms with E-state index in [0.717, 1.165) is 11.1 Å². The zero-order valence-corrected chi connectivity index (χ0v) is 14.1. The van der Waals surface area contributed by atoms with Gasteiger partial charge in [-0.1, -0.05) is 18.2 Å². The molecule has 0 radical (unpaired) electrons. The van der Waals surface area contributed by atoms with E-state index in [1.807, 2.05) is 32.0 Å². The molecular formula is C18H18N3O4+. The summed E-state index contributed by atoms with van der Waals surface area (Å²) in [6.45, 7) is 3.78. The van der Waals surface area contributed by atoms with Gasteiger partial charge in [0.05, 0.1) is 7.11 Å². The third kappa shape index (κ3) is 3.16. The van der Waals surface area contributed by atoms with Gasteiger partial charge in [-0.15, -0.1) is 0 Å². The summed E-state index contributed by atoms with van der Waals surface area (Å²) in [7, 11) is 1.56. The maximum atomic E-state index is 12.7. The molecule has 0 aliphatic rings. The van der Waals surface area contributed by atoms with Crippen molar-refractivity contribution >= 4 is 11.6 Å². The van der Waals surface area contributed by atoms with Crippen molar-refractivity contribution < 1.29 is 18.7 Å². The molecule has 128 valence electrons. The van der Waals surface area contributed by atoms with Crippen LogP contribution in [0.5, 0.6) is 5.75 Å². The fourth-order valence-corrected chi connectivity index (χ4v) is 2.56. The van der Waals surface area contributed by atoms with E-state index in [0.29, 0.717) is 17.1 Å². The van der Waals surface area contributed by atoms with Crippen LogP contribution in [0.25, 0.3) is 5.69 Å². The van der Waals surface area contributed by atoms with Crippen molar-refractivity contribution in [2.24, 2.45) is 0 Å². The van der Waals surface area contributed by atoms with E-state index >= 15 is 0 Å². The SMILES string of the molecule is COc1ccc(-[n+]2[nH]oc(=O)c2C(=O)Nc2c(C)cccc2C)cc1. The van der Waals surface area contributed by atoms with Crippen LogP contribution in [0.15, 0.2) is 51.8 Å². The molecule has 0 atom stereocenters. The van der Waals surface area contributed by atoms with Crippen LogP contribution in [-0.2, 0) is 0 Å². The quantitative estimate of drug-likeness (QED) is 0.712. The highest BCUT2D eigenvalue weighted by Gasteiger charge is 2.31. The number of benzene rings is 2. The molecule has 7 nitrogen and oxygen atoms in total. The highest BCUT2D eigenvalue weighted by Crippen LogP contribution is 2.19. The fraction of sp³-hybridized carbons (Fsp3) is 0.167. The largest absolute Gasteiger partial charge is 0.497 e. The lowest BCUT2D eigenvalue weighted by atomic mass is 10.1. The number of nitrogens with zero attached hydrogens (tertiary/aromatic N) is 1. The van der Waals surface area contributed by atoms with E-state index in [9.17, 15) is 9.59 Å². The zero-order chi connectivity index (χ0) is 18.0. The number of carbonyl (C=O) groups is 1. The molecule has 1 heterocycles. The summed E-state index contributed by atoms with van der Waals surface area (Å²) in [6.07, 6.45) is 0. The van der Waals surface area contributed by atoms with Crippen molar-refractivity contribution in [3.05, 3.63) is 69.7 Å². The predicted octanol–water partition coefficient (Wildman–Crippen LogP) is 2.12. The first-order chi connectivity index (χ1) is 12.0. The fourth-order valence-electron chi connectivity index (χ4n) is 2.56. The summed E-state index contributed by atoms with van der Waals surface area (Å²) in [4.78, 5) is 24.7. The van der Waals surface area contributed by atoms with Gasteiger partial charge in [0, 0.05) is 17.8 Å². The molecule has 1 amide bonds. The van der Waals surface area contributed by atoms with Crippen molar-refractivity contribution in [2.45, 2.75) is 13.8 Å². The minimum absolute atomic E-state index is 0.146. The third-order valence-electron chi connectivity index (χ3n) is 3.91. The lowest BCUT2D eigenvalue weighted by molar-refractivity contribution is -0.672. The van der Waals surface area contributed by atoms with Crippen LogP contribution in [0.2, 0.25) is 0 Å². The topological polar surface area (TPSA) is 88.2 Å². The molecule has 0 fully saturated rings. The molecule has 0 aliphatic heterocycles. The van der Waals surface area contributed by atoms with E-state index < -0.39 is 11.5 Å². The molecule has 0 unspecified atom stereocenters. The molecule has 0 aliphatic carbocycles. The summed E-state index contributed by atoms with van der Waals surface area (Å²) >= 11 is 0. The van der Waals surface area contributed by atoms with Crippen LogP contribution in [0.1, 0.15) is 21.6 Å². The van der Waals surface area contributed by atoms with E-state index in [4.69, 9.17) is 9.26 Å². The Morgan fingerprint density at radius 2 is 1.76 bits per heavy atom. The average Bonchev–Trinajstić information content (AvgIpc) is 3.00. The number of carbonyl (C=O) groups excluding carboxylic acids is 1.